The Morgan fingerprint density at radius 2 is 0.847 bits per heavy atom. The molecule has 0 atom stereocenters. The minimum absolute atomic E-state index is 0.00409. The van der Waals surface area contributed by atoms with E-state index in [0.717, 1.165) is 48.5 Å². The van der Waals surface area contributed by atoms with Gasteiger partial charge in [0.1, 0.15) is 23.0 Å². The second kappa shape index (κ2) is 18.7. The molecule has 4 N–H and O–H groups in total. The fourth-order valence-electron chi connectivity index (χ4n) is 5.46. The summed E-state index contributed by atoms with van der Waals surface area (Å²) in [5.74, 6) is -3.78. The van der Waals surface area contributed by atoms with Crippen molar-refractivity contribution >= 4 is 47.0 Å². The lowest BCUT2D eigenvalue weighted by atomic mass is 9.88. The molecular formula is C43H32F6N2O8. The summed E-state index contributed by atoms with van der Waals surface area (Å²) in [5.41, 5.74) is 14.7. The van der Waals surface area contributed by atoms with Gasteiger partial charge in [-0.15, -0.1) is 26.3 Å². The molecule has 0 saturated carbocycles. The molecule has 5 rings (SSSR count). The number of rotatable bonds is 15. The van der Waals surface area contributed by atoms with Crippen molar-refractivity contribution in [3.8, 4) is 23.0 Å². The average molecular weight is 819 g/mol. The Morgan fingerprint density at radius 1 is 0.508 bits per heavy atom. The number of hydrogen-bond donors (Lipinski definition) is 2. The van der Waals surface area contributed by atoms with E-state index < -0.39 is 42.1 Å². The summed E-state index contributed by atoms with van der Waals surface area (Å²) < 4.78 is 92.3. The van der Waals surface area contributed by atoms with Crippen molar-refractivity contribution in [1.82, 2.24) is 0 Å². The second-order valence-electron chi connectivity index (χ2n) is 12.7. The third-order valence-electron chi connectivity index (χ3n) is 8.12. The first kappa shape index (κ1) is 42.8. The molecule has 0 unspecified atom stereocenters. The van der Waals surface area contributed by atoms with Gasteiger partial charge in [0.15, 0.2) is 11.6 Å². The van der Waals surface area contributed by atoms with Gasteiger partial charge in [0.05, 0.1) is 11.1 Å². The number of carbonyl (C=O) groups excluding carboxylic acids is 4. The summed E-state index contributed by atoms with van der Waals surface area (Å²) in [4.78, 5) is 51.4. The van der Waals surface area contributed by atoms with E-state index in [1.165, 1.54) is 54.6 Å². The van der Waals surface area contributed by atoms with Gasteiger partial charge in [0.2, 0.25) is 0 Å². The molecule has 0 aliphatic rings. The maximum Gasteiger partial charge on any atom is 0.573 e. The monoisotopic (exact) mass is 818 g/mol. The van der Waals surface area contributed by atoms with E-state index in [1.807, 2.05) is 0 Å². The second-order valence-corrected chi connectivity index (χ2v) is 12.7. The molecule has 0 bridgehead atoms. The van der Waals surface area contributed by atoms with Crippen molar-refractivity contribution in [3.63, 3.8) is 0 Å². The molecule has 0 aliphatic carbocycles. The highest BCUT2D eigenvalue weighted by atomic mass is 19.4. The zero-order chi connectivity index (χ0) is 42.7. The van der Waals surface area contributed by atoms with Crippen LogP contribution in [0.5, 0.6) is 23.0 Å². The summed E-state index contributed by atoms with van der Waals surface area (Å²) in [7, 11) is 0. The molecule has 0 saturated heterocycles. The molecule has 10 nitrogen and oxygen atoms in total. The lowest BCUT2D eigenvalue weighted by Gasteiger charge is -2.16. The number of nitrogens with two attached hydrogens (primary N) is 2. The minimum atomic E-state index is -4.86. The van der Waals surface area contributed by atoms with Crippen LogP contribution in [0.2, 0.25) is 0 Å². The van der Waals surface area contributed by atoms with Gasteiger partial charge in [0, 0.05) is 24.2 Å². The van der Waals surface area contributed by atoms with Crippen LogP contribution in [0.3, 0.4) is 0 Å². The Morgan fingerprint density at radius 3 is 1.19 bits per heavy atom. The number of benzene rings is 5. The molecule has 0 heterocycles. The molecule has 0 fully saturated rings. The van der Waals surface area contributed by atoms with Crippen LogP contribution in [-0.4, -0.2) is 36.2 Å². The molecule has 5 aromatic rings. The largest absolute Gasteiger partial charge is 0.573 e. The number of ketones is 2. The van der Waals surface area contributed by atoms with Crippen LogP contribution in [0.25, 0.3) is 12.2 Å². The van der Waals surface area contributed by atoms with Crippen LogP contribution in [0.15, 0.2) is 127 Å². The number of esters is 2. The van der Waals surface area contributed by atoms with Gasteiger partial charge in [-0.2, -0.15) is 0 Å². The third-order valence-corrected chi connectivity index (χ3v) is 8.12. The number of ether oxygens (including phenoxy) is 4. The van der Waals surface area contributed by atoms with Crippen LogP contribution in [0, 0.1) is 0 Å². The van der Waals surface area contributed by atoms with Crippen molar-refractivity contribution in [2.45, 2.75) is 31.5 Å². The SMILES string of the molecule is Nc1cc(N)cc(C(CC(=O)/C=C/c2ccc(C(=O)Oc3ccc(OC(F)(F)F)cc3)cc2)CC(=O)/C=C/c2ccc(C(=O)Oc3ccc(OC(F)(F)F)cc3)cc2)c1. The smallest absolute Gasteiger partial charge is 0.423 e. The number of nitrogen functional groups attached to an aromatic ring is 2. The van der Waals surface area contributed by atoms with E-state index >= 15 is 0 Å². The zero-order valence-electron chi connectivity index (χ0n) is 30.5. The molecule has 0 aromatic heterocycles. The Kier molecular flexibility index (Phi) is 13.6. The van der Waals surface area contributed by atoms with Gasteiger partial charge >= 0.3 is 24.7 Å². The number of alkyl halides is 6. The molecule has 0 spiro atoms. The first-order valence-electron chi connectivity index (χ1n) is 17.3. The molecule has 304 valence electrons. The van der Waals surface area contributed by atoms with Gasteiger partial charge < -0.3 is 30.4 Å². The highest BCUT2D eigenvalue weighted by molar-refractivity contribution is 5.97. The molecule has 16 heteroatoms. The lowest BCUT2D eigenvalue weighted by Crippen LogP contribution is -2.17. The van der Waals surface area contributed by atoms with E-state index in [0.29, 0.717) is 28.1 Å². The van der Waals surface area contributed by atoms with Crippen LogP contribution in [0.1, 0.15) is 56.2 Å². The van der Waals surface area contributed by atoms with Crippen molar-refractivity contribution < 1.29 is 64.5 Å². The number of carbonyl (C=O) groups is 4. The number of anilines is 2. The predicted octanol–water partition coefficient (Wildman–Crippen LogP) is 9.52. The predicted molar refractivity (Wildman–Crippen MR) is 204 cm³/mol. The maximum atomic E-state index is 13.2. The molecule has 0 radical (unpaired) electrons. The van der Waals surface area contributed by atoms with Gasteiger partial charge in [-0.3, -0.25) is 9.59 Å². The molecule has 0 aliphatic heterocycles. The fourth-order valence-corrected chi connectivity index (χ4v) is 5.46. The maximum absolute atomic E-state index is 13.2. The summed E-state index contributed by atoms with van der Waals surface area (Å²) in [5, 5.41) is 0. The first-order valence-corrected chi connectivity index (χ1v) is 17.3. The molecule has 5 aromatic carbocycles. The van der Waals surface area contributed by atoms with E-state index in [2.05, 4.69) is 9.47 Å². The standard InChI is InChI=1S/C43H32F6N2O8/c44-42(45,46)58-38-17-13-36(14-18-38)56-40(54)28-7-1-26(2-8-28)5-11-34(52)23-31(30-21-32(50)25-33(51)22-30)24-35(53)12-6-27-3-9-29(10-4-27)41(55)57-37-15-19-39(20-16-37)59-43(47,48)49/h1-22,25,31H,23-24,50-51H2/b11-5+,12-6+. The van der Waals surface area contributed by atoms with E-state index in [4.69, 9.17) is 20.9 Å². The Labute approximate surface area is 332 Å². The van der Waals surface area contributed by atoms with Gasteiger partial charge in [-0.05, 0) is 126 Å². The minimum Gasteiger partial charge on any atom is -0.423 e. The third kappa shape index (κ3) is 14.0. The number of hydrogen-bond acceptors (Lipinski definition) is 10. The summed E-state index contributed by atoms with van der Waals surface area (Å²) in [6.45, 7) is 0. The summed E-state index contributed by atoms with van der Waals surface area (Å²) in [6.07, 6.45) is -4.22. The topological polar surface area (TPSA) is 157 Å². The molecular weight excluding hydrogens is 786 g/mol. The van der Waals surface area contributed by atoms with Crippen LogP contribution in [0.4, 0.5) is 37.7 Å². The highest BCUT2D eigenvalue weighted by Gasteiger charge is 2.32. The van der Waals surface area contributed by atoms with Crippen molar-refractivity contribution in [1.29, 1.82) is 0 Å². The van der Waals surface area contributed by atoms with Crippen LogP contribution >= 0.6 is 0 Å². The quantitative estimate of drug-likeness (QED) is 0.0343. The van der Waals surface area contributed by atoms with Gasteiger partial charge in [-0.25, -0.2) is 9.59 Å². The summed E-state index contributed by atoms with van der Waals surface area (Å²) >= 11 is 0. The Hall–Kier alpha value is -7.36. The number of halogens is 6. The zero-order valence-corrected chi connectivity index (χ0v) is 30.5. The molecule has 0 amide bonds. The summed E-state index contributed by atoms with van der Waals surface area (Å²) in [6, 6.07) is 25.4. The van der Waals surface area contributed by atoms with Crippen LogP contribution < -0.4 is 30.4 Å². The van der Waals surface area contributed by atoms with Crippen molar-refractivity contribution in [2.75, 3.05) is 11.5 Å². The lowest BCUT2D eigenvalue weighted by molar-refractivity contribution is -0.275. The Bertz CT molecular complexity index is 2180. The van der Waals surface area contributed by atoms with Gasteiger partial charge in [0.25, 0.3) is 0 Å². The van der Waals surface area contributed by atoms with E-state index in [1.54, 1.807) is 36.4 Å². The van der Waals surface area contributed by atoms with Crippen LogP contribution in [-0.2, 0) is 9.59 Å². The van der Waals surface area contributed by atoms with Gasteiger partial charge in [-0.1, -0.05) is 36.4 Å². The fraction of sp³-hybridized carbons (Fsp3) is 0.116. The number of allylic oxidation sites excluding steroid dienone is 2. The normalized spacial score (nSPS) is 11.8. The Balaban J connectivity index is 1.17. The van der Waals surface area contributed by atoms with Crippen molar-refractivity contribution in [2.24, 2.45) is 0 Å². The molecule has 59 heavy (non-hydrogen) atoms. The van der Waals surface area contributed by atoms with E-state index in [-0.39, 0.29) is 47.0 Å². The first-order chi connectivity index (χ1) is 27.9. The van der Waals surface area contributed by atoms with E-state index in [9.17, 15) is 45.5 Å². The van der Waals surface area contributed by atoms with Crippen molar-refractivity contribution in [3.05, 3.63) is 155 Å². The average Bonchev–Trinajstić information content (AvgIpc) is 3.16. The highest BCUT2D eigenvalue weighted by Crippen LogP contribution is 2.30.